The minimum absolute atomic E-state index is 0.00935. The van der Waals surface area contributed by atoms with E-state index in [0.29, 0.717) is 12.1 Å². The van der Waals surface area contributed by atoms with Gasteiger partial charge in [0.05, 0.1) is 5.56 Å². The fourth-order valence-corrected chi connectivity index (χ4v) is 2.00. The van der Waals surface area contributed by atoms with Gasteiger partial charge in [-0.25, -0.2) is 0 Å². The van der Waals surface area contributed by atoms with Gasteiger partial charge in [0, 0.05) is 13.1 Å². The lowest BCUT2D eigenvalue weighted by Gasteiger charge is -2.08. The smallest absolute Gasteiger partial charge is 0.255 e. The van der Waals surface area contributed by atoms with Crippen LogP contribution in [0.2, 0.25) is 0 Å². The summed E-state index contributed by atoms with van der Waals surface area (Å²) in [6, 6.07) is 6.54. The summed E-state index contributed by atoms with van der Waals surface area (Å²) in [5, 5.41) is 19.0. The van der Waals surface area contributed by atoms with Crippen LogP contribution in [-0.2, 0) is 0 Å². The van der Waals surface area contributed by atoms with Gasteiger partial charge in [0.2, 0.25) is 0 Å². The van der Waals surface area contributed by atoms with Crippen molar-refractivity contribution in [2.24, 2.45) is 5.73 Å². The number of amides is 1. The second kappa shape index (κ2) is 12.0. The standard InChI is InChI=1S/C16H28N4O2/c17-8-5-11-18-9-3-4-10-19-12-13-20-16(22)14-6-1-2-7-15(14)21/h1-2,6-7,18-19,21H,3-5,8-13,17H2,(H,20,22). The summed E-state index contributed by atoms with van der Waals surface area (Å²) in [5.74, 6) is -0.237. The molecule has 0 aliphatic carbocycles. The first-order valence-corrected chi connectivity index (χ1v) is 7.93. The van der Waals surface area contributed by atoms with Crippen LogP contribution >= 0.6 is 0 Å². The van der Waals surface area contributed by atoms with E-state index < -0.39 is 0 Å². The molecule has 0 radical (unpaired) electrons. The highest BCUT2D eigenvalue weighted by atomic mass is 16.3. The molecule has 0 unspecified atom stereocenters. The van der Waals surface area contributed by atoms with Crippen molar-refractivity contribution in [3.63, 3.8) is 0 Å². The molecule has 124 valence electrons. The van der Waals surface area contributed by atoms with Gasteiger partial charge in [-0.2, -0.15) is 0 Å². The molecule has 0 heterocycles. The third-order valence-electron chi connectivity index (χ3n) is 3.25. The van der Waals surface area contributed by atoms with Gasteiger partial charge < -0.3 is 26.8 Å². The highest BCUT2D eigenvalue weighted by Gasteiger charge is 2.08. The van der Waals surface area contributed by atoms with E-state index in [0.717, 1.165) is 52.0 Å². The highest BCUT2D eigenvalue weighted by Crippen LogP contribution is 2.14. The molecule has 1 rings (SSSR count). The summed E-state index contributed by atoms with van der Waals surface area (Å²) in [6.45, 7) is 4.95. The fraction of sp³-hybridized carbons (Fsp3) is 0.562. The summed E-state index contributed by atoms with van der Waals surface area (Å²) in [6.07, 6.45) is 3.25. The van der Waals surface area contributed by atoms with E-state index >= 15 is 0 Å². The van der Waals surface area contributed by atoms with Gasteiger partial charge in [0.1, 0.15) is 5.75 Å². The lowest BCUT2D eigenvalue weighted by molar-refractivity contribution is 0.0951. The quantitative estimate of drug-likeness (QED) is 0.361. The first-order chi connectivity index (χ1) is 10.8. The van der Waals surface area contributed by atoms with Crippen LogP contribution < -0.4 is 21.7 Å². The Balaban J connectivity index is 1.95. The van der Waals surface area contributed by atoms with E-state index in [-0.39, 0.29) is 11.7 Å². The predicted molar refractivity (Wildman–Crippen MR) is 89.1 cm³/mol. The van der Waals surface area contributed by atoms with Crippen molar-refractivity contribution in [2.45, 2.75) is 19.3 Å². The molecular formula is C16H28N4O2. The van der Waals surface area contributed by atoms with Crippen LogP contribution in [0.3, 0.4) is 0 Å². The minimum Gasteiger partial charge on any atom is -0.507 e. The molecule has 22 heavy (non-hydrogen) atoms. The van der Waals surface area contributed by atoms with Crippen molar-refractivity contribution in [2.75, 3.05) is 39.3 Å². The summed E-state index contributed by atoms with van der Waals surface area (Å²) in [5.41, 5.74) is 5.72. The average Bonchev–Trinajstić information content (AvgIpc) is 2.53. The van der Waals surface area contributed by atoms with Crippen LogP contribution in [0, 0.1) is 0 Å². The predicted octanol–water partition coefficient (Wildman–Crippen LogP) is 0.430. The number of hydrogen-bond acceptors (Lipinski definition) is 5. The van der Waals surface area contributed by atoms with E-state index in [1.54, 1.807) is 18.2 Å². The van der Waals surface area contributed by atoms with E-state index in [2.05, 4.69) is 16.0 Å². The number of aromatic hydroxyl groups is 1. The van der Waals surface area contributed by atoms with Crippen molar-refractivity contribution >= 4 is 5.91 Å². The maximum absolute atomic E-state index is 11.8. The van der Waals surface area contributed by atoms with E-state index in [1.165, 1.54) is 6.07 Å². The summed E-state index contributed by atoms with van der Waals surface area (Å²) < 4.78 is 0. The Bertz CT molecular complexity index is 426. The largest absolute Gasteiger partial charge is 0.507 e. The van der Waals surface area contributed by atoms with Crippen molar-refractivity contribution in [3.8, 4) is 5.75 Å². The molecular weight excluding hydrogens is 280 g/mol. The molecule has 0 aromatic heterocycles. The van der Waals surface area contributed by atoms with Gasteiger partial charge in [-0.05, 0) is 57.6 Å². The number of carbonyl (C=O) groups is 1. The third kappa shape index (κ3) is 7.97. The maximum atomic E-state index is 11.8. The van der Waals surface area contributed by atoms with Crippen LogP contribution in [0.1, 0.15) is 29.6 Å². The molecule has 1 aromatic rings. The molecule has 0 bridgehead atoms. The molecule has 0 atom stereocenters. The molecule has 0 fully saturated rings. The number of nitrogens with two attached hydrogens (primary N) is 1. The normalized spacial score (nSPS) is 10.6. The zero-order chi connectivity index (χ0) is 16.0. The second-order valence-corrected chi connectivity index (χ2v) is 5.12. The van der Waals surface area contributed by atoms with Crippen LogP contribution in [0.5, 0.6) is 5.75 Å². The third-order valence-corrected chi connectivity index (χ3v) is 3.25. The van der Waals surface area contributed by atoms with Gasteiger partial charge >= 0.3 is 0 Å². The SMILES string of the molecule is NCCCNCCCCNCCNC(=O)c1ccccc1O. The molecule has 6 N–H and O–H groups in total. The lowest BCUT2D eigenvalue weighted by atomic mass is 10.2. The first kappa shape index (κ1) is 18.4. The van der Waals surface area contributed by atoms with Crippen molar-refractivity contribution in [1.29, 1.82) is 0 Å². The number of unbranched alkanes of at least 4 members (excludes halogenated alkanes) is 1. The van der Waals surface area contributed by atoms with Gasteiger partial charge in [-0.15, -0.1) is 0 Å². The molecule has 0 saturated heterocycles. The molecule has 6 nitrogen and oxygen atoms in total. The Hall–Kier alpha value is -1.63. The van der Waals surface area contributed by atoms with Gasteiger partial charge in [-0.1, -0.05) is 12.1 Å². The number of rotatable bonds is 12. The summed E-state index contributed by atoms with van der Waals surface area (Å²) in [7, 11) is 0. The van der Waals surface area contributed by atoms with Crippen LogP contribution in [-0.4, -0.2) is 50.3 Å². The highest BCUT2D eigenvalue weighted by molar-refractivity contribution is 5.96. The van der Waals surface area contributed by atoms with E-state index in [9.17, 15) is 9.90 Å². The number of para-hydroxylation sites is 1. The fourth-order valence-electron chi connectivity index (χ4n) is 2.00. The van der Waals surface area contributed by atoms with Crippen molar-refractivity contribution in [3.05, 3.63) is 29.8 Å². The van der Waals surface area contributed by atoms with Gasteiger partial charge in [-0.3, -0.25) is 4.79 Å². The molecule has 1 amide bonds. The molecule has 0 spiro atoms. The van der Waals surface area contributed by atoms with E-state index in [1.807, 2.05) is 0 Å². The Morgan fingerprint density at radius 3 is 2.27 bits per heavy atom. The van der Waals surface area contributed by atoms with Crippen LogP contribution in [0.25, 0.3) is 0 Å². The molecule has 6 heteroatoms. The topological polar surface area (TPSA) is 99.4 Å². The van der Waals surface area contributed by atoms with Gasteiger partial charge in [0.15, 0.2) is 0 Å². The molecule has 1 aromatic carbocycles. The van der Waals surface area contributed by atoms with Crippen LogP contribution in [0.4, 0.5) is 0 Å². The second-order valence-electron chi connectivity index (χ2n) is 5.12. The average molecular weight is 308 g/mol. The first-order valence-electron chi connectivity index (χ1n) is 7.93. The van der Waals surface area contributed by atoms with Crippen molar-refractivity contribution < 1.29 is 9.90 Å². The van der Waals surface area contributed by atoms with Gasteiger partial charge in [0.25, 0.3) is 5.91 Å². The number of phenolic OH excluding ortho intramolecular Hbond substituents is 1. The number of benzene rings is 1. The Kier molecular flexibility index (Phi) is 10.0. The Morgan fingerprint density at radius 1 is 0.955 bits per heavy atom. The number of phenols is 1. The lowest BCUT2D eigenvalue weighted by Crippen LogP contribution is -2.32. The maximum Gasteiger partial charge on any atom is 0.255 e. The van der Waals surface area contributed by atoms with Crippen molar-refractivity contribution in [1.82, 2.24) is 16.0 Å². The monoisotopic (exact) mass is 308 g/mol. The number of nitrogens with one attached hydrogen (secondary N) is 3. The zero-order valence-electron chi connectivity index (χ0n) is 13.1. The Labute approximate surface area is 132 Å². The Morgan fingerprint density at radius 2 is 1.59 bits per heavy atom. The number of hydrogen-bond donors (Lipinski definition) is 5. The summed E-state index contributed by atoms with van der Waals surface area (Å²) >= 11 is 0. The summed E-state index contributed by atoms with van der Waals surface area (Å²) in [4.78, 5) is 11.8. The molecule has 0 aliphatic rings. The molecule has 0 aliphatic heterocycles. The zero-order valence-corrected chi connectivity index (χ0v) is 13.1. The number of carbonyl (C=O) groups excluding carboxylic acids is 1. The van der Waals surface area contributed by atoms with Crippen LogP contribution in [0.15, 0.2) is 24.3 Å². The molecule has 0 saturated carbocycles. The van der Waals surface area contributed by atoms with E-state index in [4.69, 9.17) is 5.73 Å². The minimum atomic E-state index is -0.246.